The third-order valence-corrected chi connectivity index (χ3v) is 5.86. The zero-order valence-corrected chi connectivity index (χ0v) is 19.8. The van der Waals surface area contributed by atoms with Crippen molar-refractivity contribution in [2.45, 2.75) is 45.7 Å². The summed E-state index contributed by atoms with van der Waals surface area (Å²) >= 11 is 0. The Labute approximate surface area is 190 Å². The molecular weight excluding hydrogens is 451 g/mol. The van der Waals surface area contributed by atoms with Crippen LogP contribution < -0.4 is 16.0 Å². The Bertz CT molecular complexity index is 1290. The molecule has 0 radical (unpaired) electrons. The Kier molecular flexibility index (Phi) is 7.91. The average molecular weight is 480 g/mol. The first-order chi connectivity index (χ1) is 15.7. The van der Waals surface area contributed by atoms with Gasteiger partial charge >= 0.3 is 13.5 Å². The van der Waals surface area contributed by atoms with Crippen LogP contribution in [0.3, 0.4) is 0 Å². The molecule has 2 aromatic heterocycles. The standard InChI is InChI=1S/C21H29N4O7P/c1-4-11-25-20(26)18-19(24(21(25)27)12-6-13-32-33(28,29)30)22-17(23(18)2)10-9-15-7-5-8-16(14-15)31-3/h5,7-8,14H,4,6,9-13H2,1-3H3,(H2,28,29,30). The Hall–Kier alpha value is -2.72. The first kappa shape index (κ1) is 24.9. The van der Waals surface area contributed by atoms with E-state index in [1.165, 1.54) is 9.13 Å². The van der Waals surface area contributed by atoms with Gasteiger partial charge in [0.1, 0.15) is 11.6 Å². The van der Waals surface area contributed by atoms with E-state index in [0.717, 1.165) is 11.3 Å². The number of methoxy groups -OCH3 is 1. The number of fused-ring (bicyclic) bond motifs is 1. The Morgan fingerprint density at radius 3 is 2.55 bits per heavy atom. The minimum Gasteiger partial charge on any atom is -0.497 e. The number of phosphoric ester groups is 1. The number of phosphoric acid groups is 1. The second-order valence-electron chi connectivity index (χ2n) is 7.68. The molecule has 0 aliphatic rings. The summed E-state index contributed by atoms with van der Waals surface area (Å²) in [5, 5.41) is 0. The van der Waals surface area contributed by atoms with Crippen LogP contribution in [0, 0.1) is 0 Å². The number of hydrogen-bond acceptors (Lipinski definition) is 6. The number of rotatable bonds is 11. The monoisotopic (exact) mass is 480 g/mol. The molecule has 0 aliphatic carbocycles. The number of nitrogens with zero attached hydrogens (tertiary/aromatic N) is 4. The van der Waals surface area contributed by atoms with Crippen LogP contribution in [0.4, 0.5) is 0 Å². The molecule has 3 aromatic rings. The highest BCUT2D eigenvalue weighted by Crippen LogP contribution is 2.35. The molecule has 180 valence electrons. The van der Waals surface area contributed by atoms with Crippen molar-refractivity contribution < 1.29 is 23.6 Å². The average Bonchev–Trinajstić information content (AvgIpc) is 3.10. The quantitative estimate of drug-likeness (QED) is 0.312. The van der Waals surface area contributed by atoms with E-state index in [0.29, 0.717) is 30.6 Å². The van der Waals surface area contributed by atoms with E-state index in [9.17, 15) is 14.2 Å². The van der Waals surface area contributed by atoms with Gasteiger partial charge in [-0.25, -0.2) is 14.3 Å². The fraction of sp³-hybridized carbons (Fsp3) is 0.476. The van der Waals surface area contributed by atoms with Crippen LogP contribution in [0.15, 0.2) is 33.9 Å². The van der Waals surface area contributed by atoms with Crippen LogP contribution in [0.5, 0.6) is 5.75 Å². The normalized spacial score (nSPS) is 11.9. The van der Waals surface area contributed by atoms with E-state index in [1.54, 1.807) is 18.7 Å². The van der Waals surface area contributed by atoms with E-state index in [-0.39, 0.29) is 31.8 Å². The maximum Gasteiger partial charge on any atom is 0.469 e. The van der Waals surface area contributed by atoms with Crippen molar-refractivity contribution in [1.82, 2.24) is 18.7 Å². The third-order valence-electron chi connectivity index (χ3n) is 5.34. The van der Waals surface area contributed by atoms with E-state index in [1.807, 2.05) is 31.2 Å². The molecule has 0 aliphatic heterocycles. The number of hydrogen-bond donors (Lipinski definition) is 2. The lowest BCUT2D eigenvalue weighted by atomic mass is 10.1. The number of ether oxygens (including phenoxy) is 1. The summed E-state index contributed by atoms with van der Waals surface area (Å²) in [6.45, 7) is 2.00. The second kappa shape index (κ2) is 10.5. The minimum absolute atomic E-state index is 0.103. The summed E-state index contributed by atoms with van der Waals surface area (Å²) in [4.78, 5) is 48.5. The van der Waals surface area contributed by atoms with Gasteiger partial charge in [-0.15, -0.1) is 0 Å². The molecule has 0 bridgehead atoms. The van der Waals surface area contributed by atoms with Gasteiger partial charge in [0.05, 0.1) is 13.7 Å². The van der Waals surface area contributed by atoms with Crippen LogP contribution in [-0.2, 0) is 42.1 Å². The first-order valence-corrected chi connectivity index (χ1v) is 12.2. The van der Waals surface area contributed by atoms with Gasteiger partial charge < -0.3 is 19.1 Å². The predicted octanol–water partition coefficient (Wildman–Crippen LogP) is 1.60. The van der Waals surface area contributed by atoms with Gasteiger partial charge in [-0.1, -0.05) is 19.1 Å². The van der Waals surface area contributed by atoms with Crippen molar-refractivity contribution in [1.29, 1.82) is 0 Å². The van der Waals surface area contributed by atoms with E-state index < -0.39 is 19.1 Å². The molecule has 0 saturated heterocycles. The SMILES string of the molecule is CCCn1c(=O)c2c(nc(CCc3cccc(OC)c3)n2C)n(CCCOP(=O)(O)O)c1=O. The molecule has 0 fully saturated rings. The summed E-state index contributed by atoms with van der Waals surface area (Å²) < 4.78 is 24.9. The third kappa shape index (κ3) is 5.80. The molecule has 0 atom stereocenters. The number of imidazole rings is 1. The Morgan fingerprint density at radius 1 is 1.12 bits per heavy atom. The molecule has 0 unspecified atom stereocenters. The van der Waals surface area contributed by atoms with Crippen molar-refractivity contribution >= 4 is 19.0 Å². The molecular formula is C21H29N4O7P. The molecule has 12 heteroatoms. The predicted molar refractivity (Wildman–Crippen MR) is 123 cm³/mol. The van der Waals surface area contributed by atoms with Crippen LogP contribution in [0.2, 0.25) is 0 Å². The summed E-state index contributed by atoms with van der Waals surface area (Å²) in [7, 11) is -1.24. The number of aromatic nitrogens is 4. The molecule has 3 rings (SSSR count). The molecule has 33 heavy (non-hydrogen) atoms. The lowest BCUT2D eigenvalue weighted by molar-refractivity contribution is 0.192. The van der Waals surface area contributed by atoms with Gasteiger partial charge in [0.15, 0.2) is 11.2 Å². The fourth-order valence-corrected chi connectivity index (χ4v) is 4.11. The highest BCUT2D eigenvalue weighted by atomic mass is 31.2. The topological polar surface area (TPSA) is 138 Å². The highest BCUT2D eigenvalue weighted by Gasteiger charge is 2.20. The first-order valence-electron chi connectivity index (χ1n) is 10.7. The largest absolute Gasteiger partial charge is 0.497 e. The van der Waals surface area contributed by atoms with Crippen LogP contribution >= 0.6 is 7.82 Å². The fourth-order valence-electron chi connectivity index (χ4n) is 3.74. The van der Waals surface area contributed by atoms with Gasteiger partial charge in [0.2, 0.25) is 0 Å². The van der Waals surface area contributed by atoms with Crippen LogP contribution in [0.25, 0.3) is 11.2 Å². The summed E-state index contributed by atoms with van der Waals surface area (Å²) in [6.07, 6.45) is 1.97. The van der Waals surface area contributed by atoms with Crippen molar-refractivity contribution in [2.24, 2.45) is 7.05 Å². The summed E-state index contributed by atoms with van der Waals surface area (Å²) in [5.74, 6) is 1.41. The molecule has 2 heterocycles. The lowest BCUT2D eigenvalue weighted by Gasteiger charge is -2.11. The van der Waals surface area contributed by atoms with Crippen molar-refractivity contribution in [2.75, 3.05) is 13.7 Å². The molecule has 2 N–H and O–H groups in total. The maximum absolute atomic E-state index is 13.1. The molecule has 0 amide bonds. The smallest absolute Gasteiger partial charge is 0.469 e. The van der Waals surface area contributed by atoms with E-state index in [2.05, 4.69) is 9.51 Å². The van der Waals surface area contributed by atoms with E-state index in [4.69, 9.17) is 14.5 Å². The zero-order chi connectivity index (χ0) is 24.2. The van der Waals surface area contributed by atoms with Gasteiger partial charge in [-0.05, 0) is 37.0 Å². The van der Waals surface area contributed by atoms with E-state index >= 15 is 0 Å². The maximum atomic E-state index is 13.1. The lowest BCUT2D eigenvalue weighted by Crippen LogP contribution is -2.40. The Morgan fingerprint density at radius 2 is 1.88 bits per heavy atom. The Balaban J connectivity index is 1.97. The zero-order valence-electron chi connectivity index (χ0n) is 18.9. The number of aryl methyl sites for hydroxylation is 4. The second-order valence-corrected chi connectivity index (χ2v) is 8.92. The van der Waals surface area contributed by atoms with Crippen molar-refractivity contribution in [3.05, 3.63) is 56.5 Å². The molecule has 1 aromatic carbocycles. The van der Waals surface area contributed by atoms with Gasteiger partial charge in [0.25, 0.3) is 5.56 Å². The highest BCUT2D eigenvalue weighted by molar-refractivity contribution is 7.46. The van der Waals surface area contributed by atoms with Crippen molar-refractivity contribution in [3.63, 3.8) is 0 Å². The van der Waals surface area contributed by atoms with Crippen LogP contribution in [0.1, 0.15) is 31.2 Å². The molecule has 11 nitrogen and oxygen atoms in total. The van der Waals surface area contributed by atoms with Gasteiger partial charge in [-0.2, -0.15) is 0 Å². The van der Waals surface area contributed by atoms with Gasteiger partial charge in [-0.3, -0.25) is 18.5 Å². The number of benzene rings is 1. The molecule has 0 saturated carbocycles. The summed E-state index contributed by atoms with van der Waals surface area (Å²) in [6, 6.07) is 7.69. The molecule has 0 spiro atoms. The van der Waals surface area contributed by atoms with Crippen molar-refractivity contribution in [3.8, 4) is 5.75 Å². The summed E-state index contributed by atoms with van der Waals surface area (Å²) in [5.41, 5.74) is 0.734. The van der Waals surface area contributed by atoms with Crippen LogP contribution in [-0.4, -0.2) is 42.2 Å². The minimum atomic E-state index is -4.59. The van der Waals surface area contributed by atoms with Gasteiger partial charge in [0, 0.05) is 26.6 Å².